The first-order valence-corrected chi connectivity index (χ1v) is 7.24. The van der Waals surface area contributed by atoms with Gasteiger partial charge in [-0.25, -0.2) is 9.97 Å². The van der Waals surface area contributed by atoms with E-state index in [1.165, 1.54) is 5.69 Å². The average Bonchev–Trinajstić information content (AvgIpc) is 2.74. The molecule has 0 amide bonds. The SMILES string of the molecule is Cc1nc(Br)ccc1NCc1c(C)nc2ccccn12. The number of halogens is 1. The largest absolute Gasteiger partial charge is 0.378 e. The highest BCUT2D eigenvalue weighted by molar-refractivity contribution is 9.10. The van der Waals surface area contributed by atoms with Crippen molar-refractivity contribution in [2.45, 2.75) is 20.4 Å². The maximum absolute atomic E-state index is 4.56. The Bertz CT molecular complexity index is 764. The van der Waals surface area contributed by atoms with E-state index < -0.39 is 0 Å². The molecule has 102 valence electrons. The zero-order valence-electron chi connectivity index (χ0n) is 11.4. The second-order valence-corrected chi connectivity index (χ2v) is 5.51. The Labute approximate surface area is 126 Å². The van der Waals surface area contributed by atoms with Crippen molar-refractivity contribution in [2.24, 2.45) is 0 Å². The minimum absolute atomic E-state index is 0.723. The van der Waals surface area contributed by atoms with Crippen LogP contribution in [0.25, 0.3) is 5.65 Å². The fourth-order valence-electron chi connectivity index (χ4n) is 2.27. The van der Waals surface area contributed by atoms with E-state index in [9.17, 15) is 0 Å². The number of nitrogens with one attached hydrogen (secondary N) is 1. The molecular weight excluding hydrogens is 316 g/mol. The number of imidazole rings is 1. The number of hydrogen-bond donors (Lipinski definition) is 1. The maximum Gasteiger partial charge on any atom is 0.137 e. The summed E-state index contributed by atoms with van der Waals surface area (Å²) < 4.78 is 2.97. The second-order valence-electron chi connectivity index (χ2n) is 4.69. The molecule has 0 unspecified atom stereocenters. The van der Waals surface area contributed by atoms with Gasteiger partial charge in [0.25, 0.3) is 0 Å². The molecule has 3 aromatic rings. The second kappa shape index (κ2) is 5.25. The Kier molecular flexibility index (Phi) is 3.44. The monoisotopic (exact) mass is 330 g/mol. The van der Waals surface area contributed by atoms with Crippen molar-refractivity contribution >= 4 is 27.3 Å². The number of hydrogen-bond acceptors (Lipinski definition) is 3. The third-order valence-corrected chi connectivity index (χ3v) is 3.77. The molecule has 5 heteroatoms. The molecule has 0 fully saturated rings. The number of nitrogens with zero attached hydrogens (tertiary/aromatic N) is 3. The van der Waals surface area contributed by atoms with Crippen LogP contribution in [0.1, 0.15) is 17.1 Å². The standard InChI is InChI=1S/C15H15BrN4/c1-10-12(6-7-14(16)18-10)17-9-13-11(2)19-15-5-3-4-8-20(13)15/h3-8,17H,9H2,1-2H3. The number of pyridine rings is 2. The van der Waals surface area contributed by atoms with Crippen molar-refractivity contribution in [3.05, 3.63) is 58.2 Å². The molecule has 4 nitrogen and oxygen atoms in total. The van der Waals surface area contributed by atoms with Gasteiger partial charge in [0.15, 0.2) is 0 Å². The van der Waals surface area contributed by atoms with Crippen LogP contribution in [0.2, 0.25) is 0 Å². The lowest BCUT2D eigenvalue weighted by Gasteiger charge is -2.09. The van der Waals surface area contributed by atoms with Crippen LogP contribution in [0.5, 0.6) is 0 Å². The Morgan fingerprint density at radius 2 is 1.95 bits per heavy atom. The Morgan fingerprint density at radius 3 is 2.75 bits per heavy atom. The van der Waals surface area contributed by atoms with Gasteiger partial charge in [-0.05, 0) is 54.0 Å². The lowest BCUT2D eigenvalue weighted by atomic mass is 10.3. The zero-order valence-corrected chi connectivity index (χ0v) is 13.0. The molecular formula is C15H15BrN4. The first-order chi connectivity index (χ1) is 9.65. The first kappa shape index (κ1) is 13.1. The lowest BCUT2D eigenvalue weighted by Crippen LogP contribution is -2.05. The van der Waals surface area contributed by atoms with E-state index >= 15 is 0 Å². The molecule has 0 bridgehead atoms. The smallest absolute Gasteiger partial charge is 0.137 e. The molecule has 0 atom stereocenters. The molecule has 0 aliphatic carbocycles. The van der Waals surface area contributed by atoms with E-state index in [1.807, 2.05) is 50.4 Å². The molecule has 20 heavy (non-hydrogen) atoms. The molecule has 0 spiro atoms. The molecule has 0 saturated carbocycles. The lowest BCUT2D eigenvalue weighted by molar-refractivity contribution is 0.979. The summed E-state index contributed by atoms with van der Waals surface area (Å²) in [5, 5.41) is 3.43. The van der Waals surface area contributed by atoms with E-state index in [-0.39, 0.29) is 0 Å². The van der Waals surface area contributed by atoms with E-state index in [0.29, 0.717) is 0 Å². The predicted octanol–water partition coefficient (Wildman–Crippen LogP) is 3.72. The molecule has 0 saturated heterocycles. The Morgan fingerprint density at radius 1 is 1.10 bits per heavy atom. The van der Waals surface area contributed by atoms with Crippen molar-refractivity contribution in [3.8, 4) is 0 Å². The summed E-state index contributed by atoms with van der Waals surface area (Å²) in [4.78, 5) is 8.95. The van der Waals surface area contributed by atoms with Gasteiger partial charge in [-0.15, -0.1) is 0 Å². The molecule has 3 heterocycles. The van der Waals surface area contributed by atoms with Crippen LogP contribution in [0.4, 0.5) is 5.69 Å². The van der Waals surface area contributed by atoms with E-state index in [1.54, 1.807) is 0 Å². The highest BCUT2D eigenvalue weighted by Crippen LogP contribution is 2.18. The van der Waals surface area contributed by atoms with E-state index in [2.05, 4.69) is 35.6 Å². The van der Waals surface area contributed by atoms with Crippen LogP contribution in [-0.4, -0.2) is 14.4 Å². The van der Waals surface area contributed by atoms with Gasteiger partial charge in [-0.3, -0.25) is 0 Å². The molecule has 0 aliphatic rings. The van der Waals surface area contributed by atoms with Crippen LogP contribution < -0.4 is 5.32 Å². The van der Waals surface area contributed by atoms with Gasteiger partial charge in [0.2, 0.25) is 0 Å². The maximum atomic E-state index is 4.56. The summed E-state index contributed by atoms with van der Waals surface area (Å²) in [6, 6.07) is 10.0. The summed E-state index contributed by atoms with van der Waals surface area (Å²) in [6.07, 6.45) is 2.04. The number of aryl methyl sites for hydroxylation is 2. The first-order valence-electron chi connectivity index (χ1n) is 6.45. The summed E-state index contributed by atoms with van der Waals surface area (Å²) in [6.45, 7) is 4.76. The molecule has 1 N–H and O–H groups in total. The van der Waals surface area contributed by atoms with Gasteiger partial charge in [-0.1, -0.05) is 6.07 Å². The minimum atomic E-state index is 0.723. The minimum Gasteiger partial charge on any atom is -0.378 e. The topological polar surface area (TPSA) is 42.2 Å². The highest BCUT2D eigenvalue weighted by Gasteiger charge is 2.08. The highest BCUT2D eigenvalue weighted by atomic mass is 79.9. The Balaban J connectivity index is 1.88. The summed E-state index contributed by atoms with van der Waals surface area (Å²) >= 11 is 3.38. The van der Waals surface area contributed by atoms with Crippen molar-refractivity contribution in [1.29, 1.82) is 0 Å². The van der Waals surface area contributed by atoms with E-state index in [0.717, 1.165) is 33.9 Å². The molecule has 3 aromatic heterocycles. The third-order valence-electron chi connectivity index (χ3n) is 3.33. The summed E-state index contributed by atoms with van der Waals surface area (Å²) in [5.41, 5.74) is 5.21. The molecule has 3 rings (SSSR count). The number of anilines is 1. The van der Waals surface area contributed by atoms with Crippen molar-refractivity contribution < 1.29 is 0 Å². The van der Waals surface area contributed by atoms with Crippen LogP contribution in [0, 0.1) is 13.8 Å². The van der Waals surface area contributed by atoms with Crippen molar-refractivity contribution in [1.82, 2.24) is 14.4 Å². The van der Waals surface area contributed by atoms with Crippen LogP contribution in [-0.2, 0) is 6.54 Å². The normalized spacial score (nSPS) is 10.9. The number of aromatic nitrogens is 3. The zero-order chi connectivity index (χ0) is 14.1. The van der Waals surface area contributed by atoms with Crippen molar-refractivity contribution in [3.63, 3.8) is 0 Å². The Hall–Kier alpha value is -1.88. The van der Waals surface area contributed by atoms with Gasteiger partial charge in [0, 0.05) is 6.20 Å². The average molecular weight is 331 g/mol. The van der Waals surface area contributed by atoms with Crippen LogP contribution >= 0.6 is 15.9 Å². The third kappa shape index (κ3) is 2.41. The molecule has 0 aliphatic heterocycles. The van der Waals surface area contributed by atoms with Gasteiger partial charge in [0.1, 0.15) is 10.3 Å². The fraction of sp³-hybridized carbons (Fsp3) is 0.200. The summed E-state index contributed by atoms with van der Waals surface area (Å²) in [7, 11) is 0. The number of fused-ring (bicyclic) bond motifs is 1. The van der Waals surface area contributed by atoms with Crippen LogP contribution in [0.3, 0.4) is 0 Å². The predicted molar refractivity (Wildman–Crippen MR) is 83.9 cm³/mol. The number of rotatable bonds is 3. The van der Waals surface area contributed by atoms with Gasteiger partial charge in [0.05, 0.1) is 29.3 Å². The molecule has 0 aromatic carbocycles. The fourth-order valence-corrected chi connectivity index (χ4v) is 2.67. The summed E-state index contributed by atoms with van der Waals surface area (Å²) in [5.74, 6) is 0. The van der Waals surface area contributed by atoms with Crippen LogP contribution in [0.15, 0.2) is 41.1 Å². The van der Waals surface area contributed by atoms with E-state index in [4.69, 9.17) is 0 Å². The van der Waals surface area contributed by atoms with Gasteiger partial charge >= 0.3 is 0 Å². The molecule has 0 radical (unpaired) electrons. The van der Waals surface area contributed by atoms with Gasteiger partial charge in [-0.2, -0.15) is 0 Å². The van der Waals surface area contributed by atoms with Gasteiger partial charge < -0.3 is 9.72 Å². The van der Waals surface area contributed by atoms with Crippen molar-refractivity contribution in [2.75, 3.05) is 5.32 Å². The quantitative estimate of drug-likeness (QED) is 0.744.